The van der Waals surface area contributed by atoms with Crippen molar-refractivity contribution in [3.63, 3.8) is 0 Å². The van der Waals surface area contributed by atoms with E-state index in [2.05, 4.69) is 25.7 Å². The van der Waals surface area contributed by atoms with Gasteiger partial charge in [-0.1, -0.05) is 26.7 Å². The summed E-state index contributed by atoms with van der Waals surface area (Å²) in [6, 6.07) is 0.833. The van der Waals surface area contributed by atoms with Gasteiger partial charge >= 0.3 is 0 Å². The molecule has 0 aromatic heterocycles. The van der Waals surface area contributed by atoms with E-state index in [1.807, 2.05) is 0 Å². The Hall–Kier alpha value is -0.0800. The van der Waals surface area contributed by atoms with Crippen molar-refractivity contribution in [2.75, 3.05) is 13.1 Å². The third kappa shape index (κ3) is 2.91. The Balaban J connectivity index is 2.08. The highest BCUT2D eigenvalue weighted by atomic mass is 15.3. The second-order valence-electron chi connectivity index (χ2n) is 7.25. The van der Waals surface area contributed by atoms with Gasteiger partial charge in [0.15, 0.2) is 0 Å². The lowest BCUT2D eigenvalue weighted by Gasteiger charge is -2.45. The van der Waals surface area contributed by atoms with Gasteiger partial charge in [0.2, 0.25) is 0 Å². The van der Waals surface area contributed by atoms with E-state index in [-0.39, 0.29) is 5.54 Å². The van der Waals surface area contributed by atoms with Crippen molar-refractivity contribution in [2.45, 2.75) is 77.3 Å². The molecule has 2 N–H and O–H groups in total. The van der Waals surface area contributed by atoms with Gasteiger partial charge in [0, 0.05) is 18.1 Å². The van der Waals surface area contributed by atoms with Crippen LogP contribution in [0.4, 0.5) is 0 Å². The lowest BCUT2D eigenvalue weighted by atomic mass is 9.86. The van der Waals surface area contributed by atoms with E-state index in [1.54, 1.807) is 0 Å². The third-order valence-corrected chi connectivity index (χ3v) is 5.22. The van der Waals surface area contributed by atoms with E-state index in [1.165, 1.54) is 51.5 Å². The molecule has 0 radical (unpaired) electrons. The Morgan fingerprint density at radius 1 is 1.17 bits per heavy atom. The van der Waals surface area contributed by atoms with Gasteiger partial charge in [-0.15, -0.1) is 0 Å². The van der Waals surface area contributed by atoms with Crippen LogP contribution >= 0.6 is 0 Å². The van der Waals surface area contributed by atoms with E-state index in [9.17, 15) is 0 Å². The van der Waals surface area contributed by atoms with E-state index < -0.39 is 0 Å². The molecule has 18 heavy (non-hydrogen) atoms. The summed E-state index contributed by atoms with van der Waals surface area (Å²) < 4.78 is 0. The molecular weight excluding hydrogens is 220 g/mol. The Kier molecular flexibility index (Phi) is 4.71. The van der Waals surface area contributed by atoms with Crippen LogP contribution in [0.5, 0.6) is 0 Å². The molecule has 0 amide bonds. The summed E-state index contributed by atoms with van der Waals surface area (Å²) in [7, 11) is 0. The van der Waals surface area contributed by atoms with Crippen molar-refractivity contribution in [3.05, 3.63) is 0 Å². The molecule has 106 valence electrons. The first-order valence-corrected chi connectivity index (χ1v) is 8.03. The molecular formula is C16H32N2. The Morgan fingerprint density at radius 2 is 1.83 bits per heavy atom. The molecule has 1 saturated carbocycles. The Bertz CT molecular complexity index is 258. The highest BCUT2D eigenvalue weighted by Gasteiger charge is 2.42. The first-order chi connectivity index (χ1) is 8.57. The predicted molar refractivity (Wildman–Crippen MR) is 78.6 cm³/mol. The second-order valence-corrected chi connectivity index (χ2v) is 7.25. The molecule has 1 saturated heterocycles. The van der Waals surface area contributed by atoms with Crippen molar-refractivity contribution in [2.24, 2.45) is 17.6 Å². The largest absolute Gasteiger partial charge is 0.329 e. The van der Waals surface area contributed by atoms with Crippen molar-refractivity contribution in [3.8, 4) is 0 Å². The topological polar surface area (TPSA) is 29.3 Å². The highest BCUT2D eigenvalue weighted by molar-refractivity contribution is 4.98. The average molecular weight is 252 g/mol. The first kappa shape index (κ1) is 14.3. The lowest BCUT2D eigenvalue weighted by molar-refractivity contribution is 0.0510. The van der Waals surface area contributed by atoms with Crippen LogP contribution in [0.25, 0.3) is 0 Å². The van der Waals surface area contributed by atoms with E-state index in [4.69, 9.17) is 5.73 Å². The zero-order valence-corrected chi connectivity index (χ0v) is 12.6. The normalized spacial score (nSPS) is 30.2. The maximum atomic E-state index is 6.15. The monoisotopic (exact) mass is 252 g/mol. The molecule has 2 heteroatoms. The summed E-state index contributed by atoms with van der Waals surface area (Å²) in [6.45, 7) is 9.15. The van der Waals surface area contributed by atoms with Gasteiger partial charge in [-0.3, -0.25) is 4.90 Å². The fraction of sp³-hybridized carbons (Fsp3) is 1.00. The fourth-order valence-corrected chi connectivity index (χ4v) is 4.49. The molecule has 2 unspecified atom stereocenters. The maximum absolute atomic E-state index is 6.15. The number of nitrogens with zero attached hydrogens (tertiary/aromatic N) is 1. The quantitative estimate of drug-likeness (QED) is 0.812. The van der Waals surface area contributed by atoms with Crippen molar-refractivity contribution < 1.29 is 0 Å². The number of likely N-dealkylation sites (tertiary alicyclic amines) is 1. The summed E-state index contributed by atoms with van der Waals surface area (Å²) in [5.41, 5.74) is 6.39. The number of hydrogen-bond acceptors (Lipinski definition) is 2. The molecule has 0 aromatic rings. The van der Waals surface area contributed by atoms with Crippen LogP contribution in [0.3, 0.4) is 0 Å². The summed E-state index contributed by atoms with van der Waals surface area (Å²) in [6.07, 6.45) is 9.88. The average Bonchev–Trinajstić information content (AvgIpc) is 2.98. The number of hydrogen-bond donors (Lipinski definition) is 1. The Morgan fingerprint density at radius 3 is 2.39 bits per heavy atom. The predicted octanol–water partition coefficient (Wildman–Crippen LogP) is 3.40. The maximum Gasteiger partial charge on any atom is 0.0309 e. The van der Waals surface area contributed by atoms with Crippen LogP contribution in [0.15, 0.2) is 0 Å². The third-order valence-electron chi connectivity index (χ3n) is 5.22. The van der Waals surface area contributed by atoms with Crippen molar-refractivity contribution >= 4 is 0 Å². The zero-order valence-electron chi connectivity index (χ0n) is 12.6. The van der Waals surface area contributed by atoms with Gasteiger partial charge in [0.25, 0.3) is 0 Å². The molecule has 2 aliphatic rings. The highest BCUT2D eigenvalue weighted by Crippen LogP contribution is 2.40. The molecule has 1 aliphatic carbocycles. The molecule has 2 nitrogen and oxygen atoms in total. The van der Waals surface area contributed by atoms with Crippen molar-refractivity contribution in [1.29, 1.82) is 0 Å². The fourth-order valence-electron chi connectivity index (χ4n) is 4.49. The Labute approximate surface area is 113 Å². The molecule has 2 rings (SSSR count). The van der Waals surface area contributed by atoms with Gasteiger partial charge in [0.1, 0.15) is 0 Å². The summed E-state index contributed by atoms with van der Waals surface area (Å²) in [4.78, 5) is 2.79. The first-order valence-electron chi connectivity index (χ1n) is 8.03. The van der Waals surface area contributed by atoms with Crippen LogP contribution in [0.2, 0.25) is 0 Å². The molecule has 2 atom stereocenters. The summed E-state index contributed by atoms with van der Waals surface area (Å²) in [5.74, 6) is 1.70. The lowest BCUT2D eigenvalue weighted by Crippen LogP contribution is -2.55. The molecule has 0 spiro atoms. The minimum atomic E-state index is 0.234. The molecule has 1 heterocycles. The number of rotatable bonds is 5. The summed E-state index contributed by atoms with van der Waals surface area (Å²) >= 11 is 0. The number of nitrogens with two attached hydrogens (primary N) is 1. The summed E-state index contributed by atoms with van der Waals surface area (Å²) in [5, 5.41) is 0. The van der Waals surface area contributed by atoms with Crippen molar-refractivity contribution in [1.82, 2.24) is 4.90 Å². The SMILES string of the molecule is CC(C)CC(C)(CN)N1CCCC1C1CCCC1. The van der Waals surface area contributed by atoms with Gasteiger partial charge in [-0.05, 0) is 57.4 Å². The van der Waals surface area contributed by atoms with Gasteiger partial charge in [-0.25, -0.2) is 0 Å². The van der Waals surface area contributed by atoms with Gasteiger partial charge < -0.3 is 5.73 Å². The van der Waals surface area contributed by atoms with E-state index in [0.29, 0.717) is 0 Å². The van der Waals surface area contributed by atoms with Crippen LogP contribution < -0.4 is 5.73 Å². The van der Waals surface area contributed by atoms with Crippen LogP contribution in [0, 0.1) is 11.8 Å². The second kappa shape index (κ2) is 5.92. The van der Waals surface area contributed by atoms with E-state index in [0.717, 1.165) is 24.4 Å². The molecule has 1 aliphatic heterocycles. The minimum Gasteiger partial charge on any atom is -0.329 e. The van der Waals surface area contributed by atoms with Crippen LogP contribution in [0.1, 0.15) is 65.7 Å². The van der Waals surface area contributed by atoms with Crippen LogP contribution in [-0.4, -0.2) is 29.6 Å². The zero-order chi connectivity index (χ0) is 13.2. The molecule has 0 aromatic carbocycles. The standard InChI is InChI=1S/C16H32N2/c1-13(2)11-16(3,12-17)18-10-6-9-15(18)14-7-4-5-8-14/h13-15H,4-12,17H2,1-3H3. The molecule has 2 fully saturated rings. The van der Waals surface area contributed by atoms with E-state index >= 15 is 0 Å². The van der Waals surface area contributed by atoms with Crippen LogP contribution in [-0.2, 0) is 0 Å². The minimum absolute atomic E-state index is 0.234. The van der Waals surface area contributed by atoms with Gasteiger partial charge in [0.05, 0.1) is 0 Å². The smallest absolute Gasteiger partial charge is 0.0309 e. The molecule has 0 bridgehead atoms. The van der Waals surface area contributed by atoms with Gasteiger partial charge in [-0.2, -0.15) is 0 Å².